The minimum absolute atomic E-state index is 0.0575. The van der Waals surface area contributed by atoms with E-state index in [1.165, 1.54) is 35.5 Å². The number of ether oxygens (including phenoxy) is 3. The number of pyridine rings is 1. The molecule has 3 heterocycles. The normalized spacial score (nSPS) is 11.0. The molecular weight excluding hydrogens is 537 g/mol. The van der Waals surface area contributed by atoms with Crippen molar-refractivity contribution in [3.63, 3.8) is 0 Å². The average Bonchev–Trinajstić information content (AvgIpc) is 3.58. The molecule has 2 N–H and O–H groups in total. The van der Waals surface area contributed by atoms with Crippen LogP contribution in [0.2, 0.25) is 0 Å². The Morgan fingerprint density at radius 2 is 1.88 bits per heavy atom. The predicted octanol–water partition coefficient (Wildman–Crippen LogP) is 5.24. The van der Waals surface area contributed by atoms with Gasteiger partial charge in [-0.05, 0) is 30.3 Å². The Labute approximate surface area is 232 Å². The van der Waals surface area contributed by atoms with Crippen molar-refractivity contribution in [1.29, 1.82) is 0 Å². The lowest BCUT2D eigenvalue weighted by Gasteiger charge is -2.24. The van der Waals surface area contributed by atoms with Crippen molar-refractivity contribution in [2.45, 2.75) is 13.2 Å². The molecule has 2 amide bonds. The summed E-state index contributed by atoms with van der Waals surface area (Å²) in [4.78, 5) is 35.4. The van der Waals surface area contributed by atoms with Crippen molar-refractivity contribution < 1.29 is 28.2 Å². The quantitative estimate of drug-likeness (QED) is 0.231. The van der Waals surface area contributed by atoms with E-state index in [9.17, 15) is 9.59 Å². The number of thiophene rings is 1. The Bertz CT molecular complexity index is 1700. The molecular formula is C28H24FN5O5S. The molecule has 0 atom stereocenters. The fourth-order valence-electron chi connectivity index (χ4n) is 4.12. The summed E-state index contributed by atoms with van der Waals surface area (Å²) in [5, 5.41) is 0. The van der Waals surface area contributed by atoms with E-state index < -0.39 is 24.1 Å². The summed E-state index contributed by atoms with van der Waals surface area (Å²) in [5.41, 5.74) is 7.20. The van der Waals surface area contributed by atoms with Gasteiger partial charge in [-0.3, -0.25) is 19.5 Å². The van der Waals surface area contributed by atoms with Gasteiger partial charge in [-0.25, -0.2) is 9.37 Å². The zero-order chi connectivity index (χ0) is 28.2. The van der Waals surface area contributed by atoms with Crippen LogP contribution in [0.25, 0.3) is 20.8 Å². The number of rotatable bonds is 10. The fraction of sp³-hybridized carbons (Fsp3) is 0.143. The van der Waals surface area contributed by atoms with Crippen molar-refractivity contribution in [1.82, 2.24) is 14.5 Å². The summed E-state index contributed by atoms with van der Waals surface area (Å²) >= 11 is 1.42. The first-order chi connectivity index (χ1) is 19.4. The number of imidazole rings is 1. The zero-order valence-corrected chi connectivity index (χ0v) is 22.4. The van der Waals surface area contributed by atoms with Crippen LogP contribution < -0.4 is 20.1 Å². The second kappa shape index (κ2) is 11.5. The number of primary amides is 1. The number of aromatic nitrogens is 3. The summed E-state index contributed by atoms with van der Waals surface area (Å²) in [6, 6.07) is 14.3. The number of hydrogen-bond donors (Lipinski definition) is 1. The van der Waals surface area contributed by atoms with Crippen molar-refractivity contribution >= 4 is 44.7 Å². The summed E-state index contributed by atoms with van der Waals surface area (Å²) < 4.78 is 34.5. The van der Waals surface area contributed by atoms with Crippen molar-refractivity contribution in [2.24, 2.45) is 5.73 Å². The summed E-state index contributed by atoms with van der Waals surface area (Å²) in [7, 11) is 3.05. The minimum Gasteiger partial charge on any atom is -0.495 e. The van der Waals surface area contributed by atoms with Crippen LogP contribution in [0, 0.1) is 5.82 Å². The Morgan fingerprint density at radius 1 is 1.05 bits per heavy atom. The largest absolute Gasteiger partial charge is 0.495 e. The van der Waals surface area contributed by atoms with Gasteiger partial charge in [0.15, 0.2) is 11.6 Å². The molecule has 10 nitrogen and oxygen atoms in total. The van der Waals surface area contributed by atoms with Gasteiger partial charge in [-0.2, -0.15) is 0 Å². The van der Waals surface area contributed by atoms with E-state index in [1.807, 2.05) is 16.8 Å². The minimum atomic E-state index is -0.812. The molecule has 40 heavy (non-hydrogen) atoms. The van der Waals surface area contributed by atoms with E-state index in [0.717, 1.165) is 21.3 Å². The number of hydrogen-bond acceptors (Lipinski definition) is 8. The molecule has 0 bridgehead atoms. The Kier molecular flexibility index (Phi) is 7.71. The van der Waals surface area contributed by atoms with Gasteiger partial charge in [0.2, 0.25) is 11.8 Å². The zero-order valence-electron chi connectivity index (χ0n) is 21.5. The third kappa shape index (κ3) is 5.48. The highest BCUT2D eigenvalue weighted by molar-refractivity contribution is 7.22. The molecule has 2 aromatic carbocycles. The molecule has 5 aromatic rings. The smallest absolute Gasteiger partial charge is 0.241 e. The second-order valence-electron chi connectivity index (χ2n) is 8.59. The molecule has 0 saturated carbocycles. The SMILES string of the molecule is COCn1cnc(-c2cc3nccc(Oc4ccc(N(C(=O)CC(N)=O)c5ccccc5OC)cc4F)c3s2)c1. The van der Waals surface area contributed by atoms with E-state index in [0.29, 0.717) is 29.4 Å². The molecule has 0 aliphatic carbocycles. The molecule has 0 spiro atoms. The molecule has 0 radical (unpaired) electrons. The molecule has 0 aliphatic rings. The first-order valence-electron chi connectivity index (χ1n) is 12.0. The van der Waals surface area contributed by atoms with Crippen LogP contribution in [-0.4, -0.2) is 40.6 Å². The molecule has 0 fully saturated rings. The number of carbonyl (C=O) groups excluding carboxylic acids is 2. The van der Waals surface area contributed by atoms with Gasteiger partial charge in [0.05, 0.1) is 45.6 Å². The van der Waals surface area contributed by atoms with Crippen LogP contribution in [0.4, 0.5) is 15.8 Å². The summed E-state index contributed by atoms with van der Waals surface area (Å²) in [6.45, 7) is 0.377. The maximum absolute atomic E-state index is 15.4. The van der Waals surface area contributed by atoms with Gasteiger partial charge in [0.25, 0.3) is 0 Å². The highest BCUT2D eigenvalue weighted by Crippen LogP contribution is 2.40. The van der Waals surface area contributed by atoms with E-state index in [1.54, 1.807) is 50.0 Å². The molecule has 204 valence electrons. The molecule has 0 aliphatic heterocycles. The molecule has 0 unspecified atom stereocenters. The van der Waals surface area contributed by atoms with E-state index >= 15 is 4.39 Å². The van der Waals surface area contributed by atoms with Crippen LogP contribution in [0.1, 0.15) is 6.42 Å². The van der Waals surface area contributed by atoms with Gasteiger partial charge in [0.1, 0.15) is 24.7 Å². The lowest BCUT2D eigenvalue weighted by Crippen LogP contribution is -2.30. The number of methoxy groups -OCH3 is 2. The molecule has 0 saturated heterocycles. The number of para-hydroxylation sites is 2. The van der Waals surface area contributed by atoms with Crippen LogP contribution in [0.3, 0.4) is 0 Å². The third-order valence-electron chi connectivity index (χ3n) is 5.83. The van der Waals surface area contributed by atoms with Gasteiger partial charge in [-0.15, -0.1) is 11.3 Å². The van der Waals surface area contributed by atoms with Gasteiger partial charge < -0.3 is 24.5 Å². The number of fused-ring (bicyclic) bond motifs is 1. The van der Waals surface area contributed by atoms with Crippen molar-refractivity contribution in [3.05, 3.63) is 79.1 Å². The van der Waals surface area contributed by atoms with Gasteiger partial charge >= 0.3 is 0 Å². The topological polar surface area (TPSA) is 122 Å². The lowest BCUT2D eigenvalue weighted by molar-refractivity contribution is -0.125. The Morgan fingerprint density at radius 3 is 2.62 bits per heavy atom. The maximum Gasteiger partial charge on any atom is 0.241 e. The number of carbonyl (C=O) groups is 2. The average molecular weight is 562 g/mol. The first kappa shape index (κ1) is 26.8. The van der Waals surface area contributed by atoms with E-state index in [2.05, 4.69) is 9.97 Å². The second-order valence-corrected chi connectivity index (χ2v) is 9.64. The number of benzene rings is 2. The van der Waals surface area contributed by atoms with Crippen LogP contribution in [0.15, 0.2) is 73.3 Å². The van der Waals surface area contributed by atoms with Gasteiger partial charge in [0, 0.05) is 31.6 Å². The van der Waals surface area contributed by atoms with E-state index in [-0.39, 0.29) is 11.4 Å². The van der Waals surface area contributed by atoms with Crippen LogP contribution >= 0.6 is 11.3 Å². The fourth-order valence-corrected chi connectivity index (χ4v) is 5.15. The number of nitrogens with two attached hydrogens (primary N) is 1. The van der Waals surface area contributed by atoms with Crippen molar-refractivity contribution in [3.8, 4) is 27.8 Å². The van der Waals surface area contributed by atoms with E-state index in [4.69, 9.17) is 19.9 Å². The van der Waals surface area contributed by atoms with Gasteiger partial charge in [-0.1, -0.05) is 12.1 Å². The molecule has 5 rings (SSSR count). The Balaban J connectivity index is 1.47. The number of amides is 2. The standard InChI is InChI=1S/C28H24FN5O5S/c1-37-16-33-14-20(32-15-33)25-12-19-28(40-25)24(9-10-31-19)39-22-8-7-17(11-18(22)29)34(27(36)13-26(30)35)21-5-3-4-6-23(21)38-2/h3-12,14-15H,13,16H2,1-2H3,(H2,30,35). The first-order valence-corrected chi connectivity index (χ1v) is 12.8. The van der Waals surface area contributed by atoms with Crippen LogP contribution in [-0.2, 0) is 21.1 Å². The highest BCUT2D eigenvalue weighted by Gasteiger charge is 2.24. The van der Waals surface area contributed by atoms with Crippen molar-refractivity contribution in [2.75, 3.05) is 19.1 Å². The number of anilines is 2. The highest BCUT2D eigenvalue weighted by atomic mass is 32.1. The van der Waals surface area contributed by atoms with Crippen LogP contribution in [0.5, 0.6) is 17.2 Å². The third-order valence-corrected chi connectivity index (χ3v) is 7.00. The lowest BCUT2D eigenvalue weighted by atomic mass is 10.2. The summed E-state index contributed by atoms with van der Waals surface area (Å²) in [5.74, 6) is -1.45. The number of halogens is 1. The maximum atomic E-state index is 15.4. The molecule has 12 heteroatoms. The molecule has 3 aromatic heterocycles. The summed E-state index contributed by atoms with van der Waals surface area (Å²) in [6.07, 6.45) is 4.54. The predicted molar refractivity (Wildman–Crippen MR) is 148 cm³/mol. The number of nitrogens with zero attached hydrogens (tertiary/aromatic N) is 4. The monoisotopic (exact) mass is 561 g/mol. The Hall–Kier alpha value is -4.81.